The van der Waals surface area contributed by atoms with E-state index in [2.05, 4.69) is 163 Å². The molecule has 0 spiro atoms. The van der Waals surface area contributed by atoms with Gasteiger partial charge < -0.3 is 0 Å². The van der Waals surface area contributed by atoms with Crippen molar-refractivity contribution in [3.8, 4) is 67.3 Å². The number of rotatable bonds is 6. The fraction of sp³-hybridized carbons (Fsp3) is 0. The zero-order chi connectivity index (χ0) is 35.8. The predicted octanol–water partition coefficient (Wildman–Crippen LogP) is 13.3. The summed E-state index contributed by atoms with van der Waals surface area (Å²) in [5.74, 6) is 0.695. The number of hydrogen-bond donors (Lipinski definition) is 0. The molecule has 0 N–H and O–H groups in total. The Morgan fingerprint density at radius 3 is 1.65 bits per heavy atom. The lowest BCUT2D eigenvalue weighted by Crippen LogP contribution is -1.97. The van der Waals surface area contributed by atoms with Crippen LogP contribution in [0.5, 0.6) is 0 Å². The van der Waals surface area contributed by atoms with E-state index >= 15 is 0 Å². The number of pyridine rings is 1. The van der Waals surface area contributed by atoms with E-state index in [-0.39, 0.29) is 0 Å². The lowest BCUT2D eigenvalue weighted by molar-refractivity contribution is 1.18. The molecule has 10 rings (SSSR count). The Hall–Kier alpha value is -7.23. The van der Waals surface area contributed by atoms with E-state index in [1.54, 1.807) is 0 Å². The third-order valence-corrected chi connectivity index (χ3v) is 10.4. The summed E-state index contributed by atoms with van der Waals surface area (Å²) in [6.07, 6.45) is 3.66. The second kappa shape index (κ2) is 13.4. The molecule has 54 heavy (non-hydrogen) atoms. The minimum absolute atomic E-state index is 0.695. The van der Waals surface area contributed by atoms with Crippen molar-refractivity contribution < 1.29 is 0 Å². The van der Waals surface area contributed by atoms with Gasteiger partial charge in [-0.1, -0.05) is 164 Å². The van der Waals surface area contributed by atoms with Gasteiger partial charge in [0.05, 0.1) is 11.4 Å². The molecule has 8 aromatic carbocycles. The molecule has 0 atom stereocenters. The normalized spacial score (nSPS) is 11.3. The number of nitrogens with zero attached hydrogens (tertiary/aromatic N) is 3. The SMILES string of the molecule is c1ccc(-c2nc(-c3ccc(-c4ccc(-c5c6ccccc6cc6ccc7ccccc7c56)cc4)cc3)cc(-c3ccccc3-c3ccncc3)n2)cc1. The number of aromatic nitrogens is 3. The van der Waals surface area contributed by atoms with Gasteiger partial charge in [-0.25, -0.2) is 9.97 Å². The second-order valence-electron chi connectivity index (χ2n) is 13.6. The van der Waals surface area contributed by atoms with E-state index in [1.165, 1.54) is 49.0 Å². The van der Waals surface area contributed by atoms with Crippen LogP contribution in [0.15, 0.2) is 200 Å². The maximum atomic E-state index is 5.11. The molecule has 0 unspecified atom stereocenters. The first-order chi connectivity index (χ1) is 26.8. The minimum atomic E-state index is 0.695. The highest BCUT2D eigenvalue weighted by Gasteiger charge is 2.16. The molecule has 0 bridgehead atoms. The van der Waals surface area contributed by atoms with Crippen LogP contribution in [0.1, 0.15) is 0 Å². The Balaban J connectivity index is 1.04. The average molecular weight is 688 g/mol. The summed E-state index contributed by atoms with van der Waals surface area (Å²) >= 11 is 0. The van der Waals surface area contributed by atoms with Crippen molar-refractivity contribution >= 4 is 32.3 Å². The summed E-state index contributed by atoms with van der Waals surface area (Å²) in [6, 6.07) is 66.8. The quantitative estimate of drug-likeness (QED) is 0.129. The molecule has 0 amide bonds. The topological polar surface area (TPSA) is 38.7 Å². The fourth-order valence-corrected chi connectivity index (χ4v) is 7.74. The van der Waals surface area contributed by atoms with E-state index < -0.39 is 0 Å². The van der Waals surface area contributed by atoms with Crippen molar-refractivity contribution in [2.24, 2.45) is 0 Å². The van der Waals surface area contributed by atoms with Gasteiger partial charge in [-0.2, -0.15) is 0 Å². The zero-order valence-electron chi connectivity index (χ0n) is 29.4. The summed E-state index contributed by atoms with van der Waals surface area (Å²) in [4.78, 5) is 14.4. The second-order valence-corrected chi connectivity index (χ2v) is 13.6. The van der Waals surface area contributed by atoms with Gasteiger partial charge in [0, 0.05) is 29.1 Å². The fourth-order valence-electron chi connectivity index (χ4n) is 7.74. The summed E-state index contributed by atoms with van der Waals surface area (Å²) in [7, 11) is 0. The lowest BCUT2D eigenvalue weighted by atomic mass is 9.88. The molecule has 3 heteroatoms. The van der Waals surface area contributed by atoms with Crippen molar-refractivity contribution in [2.45, 2.75) is 0 Å². The van der Waals surface area contributed by atoms with Crippen LogP contribution >= 0.6 is 0 Å². The highest BCUT2D eigenvalue weighted by Crippen LogP contribution is 2.41. The monoisotopic (exact) mass is 687 g/mol. The van der Waals surface area contributed by atoms with E-state index in [9.17, 15) is 0 Å². The van der Waals surface area contributed by atoms with Crippen LogP contribution in [0.4, 0.5) is 0 Å². The van der Waals surface area contributed by atoms with Crippen LogP contribution in [-0.2, 0) is 0 Å². The number of benzene rings is 8. The largest absolute Gasteiger partial charge is 0.265 e. The third kappa shape index (κ3) is 5.69. The average Bonchev–Trinajstić information content (AvgIpc) is 3.26. The molecule has 3 nitrogen and oxygen atoms in total. The molecule has 0 aliphatic heterocycles. The summed E-state index contributed by atoms with van der Waals surface area (Å²) in [5.41, 5.74) is 11.8. The predicted molar refractivity (Wildman–Crippen MR) is 225 cm³/mol. The van der Waals surface area contributed by atoms with E-state index in [1.807, 2.05) is 42.7 Å². The van der Waals surface area contributed by atoms with Crippen LogP contribution in [0, 0.1) is 0 Å². The van der Waals surface area contributed by atoms with Crippen LogP contribution < -0.4 is 0 Å². The van der Waals surface area contributed by atoms with Crippen LogP contribution in [0.25, 0.3) is 99.6 Å². The molecular formula is C51H33N3. The third-order valence-electron chi connectivity index (χ3n) is 10.4. The molecular weight excluding hydrogens is 655 g/mol. The maximum Gasteiger partial charge on any atom is 0.160 e. The standard InChI is InChI=1S/C51H33N3/c1-2-11-40(12-3-1)51-53-47(33-48(54-51)46-17-9-8-14-43(46)37-28-30-52-31-29-37)38-23-18-34(19-24-38)35-20-25-39(26-21-35)49-45-16-7-5-13-41(45)32-42-27-22-36-10-4-6-15-44(36)50(42)49/h1-33H. The van der Waals surface area contributed by atoms with Crippen molar-refractivity contribution in [1.29, 1.82) is 0 Å². The van der Waals surface area contributed by atoms with E-state index in [0.717, 1.165) is 44.8 Å². The van der Waals surface area contributed by atoms with Gasteiger partial charge in [0.15, 0.2) is 5.82 Å². The molecule has 0 aliphatic rings. The van der Waals surface area contributed by atoms with Gasteiger partial charge in [0.1, 0.15) is 0 Å². The first-order valence-corrected chi connectivity index (χ1v) is 18.3. The van der Waals surface area contributed by atoms with Crippen LogP contribution in [-0.4, -0.2) is 15.0 Å². The zero-order valence-corrected chi connectivity index (χ0v) is 29.4. The molecule has 0 saturated heterocycles. The van der Waals surface area contributed by atoms with Gasteiger partial charge in [0.25, 0.3) is 0 Å². The number of hydrogen-bond acceptors (Lipinski definition) is 3. The Bertz CT molecular complexity index is 2950. The van der Waals surface area contributed by atoms with E-state index in [0.29, 0.717) is 5.82 Å². The van der Waals surface area contributed by atoms with Gasteiger partial charge in [0.2, 0.25) is 0 Å². The molecule has 0 saturated carbocycles. The Morgan fingerprint density at radius 2 is 0.889 bits per heavy atom. The van der Waals surface area contributed by atoms with Crippen LogP contribution in [0.2, 0.25) is 0 Å². The molecule has 10 aromatic rings. The Morgan fingerprint density at radius 1 is 0.315 bits per heavy atom. The summed E-state index contributed by atoms with van der Waals surface area (Å²) < 4.78 is 0. The molecule has 0 radical (unpaired) electrons. The molecule has 0 aliphatic carbocycles. The Labute approximate surface area is 313 Å². The van der Waals surface area contributed by atoms with Crippen LogP contribution in [0.3, 0.4) is 0 Å². The van der Waals surface area contributed by atoms with Gasteiger partial charge in [-0.3, -0.25) is 4.98 Å². The van der Waals surface area contributed by atoms with Gasteiger partial charge in [-0.15, -0.1) is 0 Å². The van der Waals surface area contributed by atoms with Crippen molar-refractivity contribution in [1.82, 2.24) is 15.0 Å². The molecule has 2 heterocycles. The van der Waals surface area contributed by atoms with Crippen molar-refractivity contribution in [3.63, 3.8) is 0 Å². The minimum Gasteiger partial charge on any atom is -0.265 e. The molecule has 2 aromatic heterocycles. The van der Waals surface area contributed by atoms with Crippen molar-refractivity contribution in [2.75, 3.05) is 0 Å². The molecule has 0 fully saturated rings. The lowest BCUT2D eigenvalue weighted by Gasteiger charge is -2.15. The smallest absolute Gasteiger partial charge is 0.160 e. The number of fused-ring (bicyclic) bond motifs is 4. The Kier molecular flexibility index (Phi) is 7.81. The van der Waals surface area contributed by atoms with Crippen molar-refractivity contribution in [3.05, 3.63) is 200 Å². The van der Waals surface area contributed by atoms with Gasteiger partial charge in [-0.05, 0) is 90.0 Å². The highest BCUT2D eigenvalue weighted by atomic mass is 14.9. The molecule has 252 valence electrons. The summed E-state index contributed by atoms with van der Waals surface area (Å²) in [6.45, 7) is 0. The highest BCUT2D eigenvalue weighted by molar-refractivity contribution is 6.21. The first kappa shape index (κ1) is 31.5. The van der Waals surface area contributed by atoms with E-state index in [4.69, 9.17) is 9.97 Å². The van der Waals surface area contributed by atoms with Gasteiger partial charge >= 0.3 is 0 Å². The first-order valence-electron chi connectivity index (χ1n) is 18.3. The maximum absolute atomic E-state index is 5.11. The summed E-state index contributed by atoms with van der Waals surface area (Å²) in [5, 5.41) is 7.60.